The van der Waals surface area contributed by atoms with E-state index in [4.69, 9.17) is 10.5 Å². The van der Waals surface area contributed by atoms with E-state index in [2.05, 4.69) is 5.32 Å². The molecule has 0 bridgehead atoms. The quantitative estimate of drug-likeness (QED) is 0.725. The summed E-state index contributed by atoms with van der Waals surface area (Å²) in [5.74, 6) is -0.499. The maximum atomic E-state index is 13.4. The average Bonchev–Trinajstić information content (AvgIpc) is 2.35. The normalized spacial score (nSPS) is 15.7. The molecule has 0 saturated carbocycles. The van der Waals surface area contributed by atoms with E-state index in [1.165, 1.54) is 18.2 Å². The fraction of sp³-hybridized carbons (Fsp3) is 0.364. The number of nitrogens with zero attached hydrogens (tertiary/aromatic N) is 1. The molecule has 1 aromatic carbocycles. The summed E-state index contributed by atoms with van der Waals surface area (Å²) in [7, 11) is 0. The molecule has 0 spiro atoms. The Kier molecular flexibility index (Phi) is 3.43. The first kappa shape index (κ1) is 11.7. The van der Waals surface area contributed by atoms with Crippen LogP contribution in [0.5, 0.6) is 0 Å². The predicted octanol–water partition coefficient (Wildman–Crippen LogP) is 1.27. The number of amides is 2. The SMILES string of the molecule is Nc1ccc(F)c(NC(=O)N2CCOCC2)c1. The van der Waals surface area contributed by atoms with E-state index < -0.39 is 5.82 Å². The van der Waals surface area contributed by atoms with Crippen molar-refractivity contribution in [2.24, 2.45) is 0 Å². The molecule has 1 aromatic rings. The maximum Gasteiger partial charge on any atom is 0.322 e. The third-order valence-corrected chi connectivity index (χ3v) is 2.53. The van der Waals surface area contributed by atoms with Crippen LogP contribution in [-0.2, 0) is 4.74 Å². The zero-order valence-electron chi connectivity index (χ0n) is 9.28. The number of ether oxygens (including phenoxy) is 1. The van der Waals surface area contributed by atoms with Crippen LogP contribution < -0.4 is 11.1 Å². The van der Waals surface area contributed by atoms with Gasteiger partial charge in [0.25, 0.3) is 0 Å². The Bertz CT molecular complexity index is 419. The highest BCUT2D eigenvalue weighted by Crippen LogP contribution is 2.18. The average molecular weight is 239 g/mol. The summed E-state index contributed by atoms with van der Waals surface area (Å²) in [5, 5.41) is 2.50. The topological polar surface area (TPSA) is 67.6 Å². The minimum absolute atomic E-state index is 0.0986. The molecule has 0 aliphatic carbocycles. The van der Waals surface area contributed by atoms with Crippen LogP contribution in [-0.4, -0.2) is 37.2 Å². The summed E-state index contributed by atoms with van der Waals surface area (Å²) in [6, 6.07) is 3.73. The molecule has 5 nitrogen and oxygen atoms in total. The van der Waals surface area contributed by atoms with Crippen molar-refractivity contribution in [2.75, 3.05) is 37.4 Å². The summed E-state index contributed by atoms with van der Waals surface area (Å²) in [5.41, 5.74) is 6.03. The van der Waals surface area contributed by atoms with E-state index in [0.29, 0.717) is 32.0 Å². The van der Waals surface area contributed by atoms with Gasteiger partial charge < -0.3 is 20.7 Å². The standard InChI is InChI=1S/C11H14FN3O2/c12-9-2-1-8(13)7-10(9)14-11(16)15-3-5-17-6-4-15/h1-2,7H,3-6,13H2,(H,14,16). The molecule has 1 aliphatic heterocycles. The Morgan fingerprint density at radius 1 is 1.41 bits per heavy atom. The van der Waals surface area contributed by atoms with Gasteiger partial charge in [-0.1, -0.05) is 0 Å². The van der Waals surface area contributed by atoms with Gasteiger partial charge in [-0.25, -0.2) is 9.18 Å². The number of carbonyl (C=O) groups is 1. The van der Waals surface area contributed by atoms with E-state index >= 15 is 0 Å². The third-order valence-electron chi connectivity index (χ3n) is 2.53. The van der Waals surface area contributed by atoms with Crippen molar-refractivity contribution in [1.29, 1.82) is 0 Å². The number of halogens is 1. The number of carbonyl (C=O) groups excluding carboxylic acids is 1. The minimum Gasteiger partial charge on any atom is -0.399 e. The molecule has 0 radical (unpaired) electrons. The number of benzene rings is 1. The zero-order chi connectivity index (χ0) is 12.3. The number of nitrogens with one attached hydrogen (secondary N) is 1. The summed E-state index contributed by atoms with van der Waals surface area (Å²) in [6.07, 6.45) is 0. The van der Waals surface area contributed by atoms with E-state index in [-0.39, 0.29) is 11.7 Å². The fourth-order valence-electron chi connectivity index (χ4n) is 1.60. The van der Waals surface area contributed by atoms with Gasteiger partial charge in [0.15, 0.2) is 0 Å². The molecule has 2 amide bonds. The molecule has 1 fully saturated rings. The number of hydrogen-bond acceptors (Lipinski definition) is 3. The first-order chi connectivity index (χ1) is 8.16. The van der Waals surface area contributed by atoms with Crippen molar-refractivity contribution in [2.45, 2.75) is 0 Å². The van der Waals surface area contributed by atoms with Gasteiger partial charge in [-0.2, -0.15) is 0 Å². The van der Waals surface area contributed by atoms with Crippen molar-refractivity contribution in [3.8, 4) is 0 Å². The van der Waals surface area contributed by atoms with Crippen molar-refractivity contribution in [3.63, 3.8) is 0 Å². The van der Waals surface area contributed by atoms with Crippen LogP contribution in [0, 0.1) is 5.82 Å². The van der Waals surface area contributed by atoms with Gasteiger partial charge >= 0.3 is 6.03 Å². The number of rotatable bonds is 1. The molecule has 3 N–H and O–H groups in total. The number of nitrogen functional groups attached to an aromatic ring is 1. The minimum atomic E-state index is -0.499. The van der Waals surface area contributed by atoms with Gasteiger partial charge in [0.1, 0.15) is 5.82 Å². The molecule has 0 unspecified atom stereocenters. The number of urea groups is 1. The second-order valence-corrected chi connectivity index (χ2v) is 3.77. The van der Waals surface area contributed by atoms with Gasteiger partial charge in [-0.15, -0.1) is 0 Å². The van der Waals surface area contributed by atoms with E-state index in [1.54, 1.807) is 4.90 Å². The Balaban J connectivity index is 2.04. The Morgan fingerprint density at radius 3 is 2.82 bits per heavy atom. The van der Waals surface area contributed by atoms with Crippen LogP contribution in [0.4, 0.5) is 20.6 Å². The highest BCUT2D eigenvalue weighted by molar-refractivity contribution is 5.90. The Morgan fingerprint density at radius 2 is 2.12 bits per heavy atom. The smallest absolute Gasteiger partial charge is 0.322 e. The fourth-order valence-corrected chi connectivity index (χ4v) is 1.60. The van der Waals surface area contributed by atoms with Crippen LogP contribution >= 0.6 is 0 Å². The van der Waals surface area contributed by atoms with E-state index in [1.807, 2.05) is 0 Å². The first-order valence-corrected chi connectivity index (χ1v) is 5.35. The maximum absolute atomic E-state index is 13.4. The predicted molar refractivity (Wildman–Crippen MR) is 62.2 cm³/mol. The molecule has 1 heterocycles. The summed E-state index contributed by atoms with van der Waals surface area (Å²) in [4.78, 5) is 13.4. The molecular formula is C11H14FN3O2. The zero-order valence-corrected chi connectivity index (χ0v) is 9.28. The van der Waals surface area contributed by atoms with Gasteiger partial charge in [0.2, 0.25) is 0 Å². The molecule has 17 heavy (non-hydrogen) atoms. The molecule has 6 heteroatoms. The molecule has 2 rings (SSSR count). The highest BCUT2D eigenvalue weighted by atomic mass is 19.1. The lowest BCUT2D eigenvalue weighted by Gasteiger charge is -2.27. The van der Waals surface area contributed by atoms with Gasteiger partial charge in [-0.3, -0.25) is 0 Å². The van der Waals surface area contributed by atoms with E-state index in [0.717, 1.165) is 0 Å². The number of morpholine rings is 1. The molecule has 0 atom stereocenters. The van der Waals surface area contributed by atoms with Gasteiger partial charge in [-0.05, 0) is 18.2 Å². The van der Waals surface area contributed by atoms with Crippen molar-refractivity contribution in [1.82, 2.24) is 4.90 Å². The van der Waals surface area contributed by atoms with Crippen molar-refractivity contribution < 1.29 is 13.9 Å². The van der Waals surface area contributed by atoms with Crippen LogP contribution in [0.1, 0.15) is 0 Å². The number of nitrogens with two attached hydrogens (primary N) is 1. The first-order valence-electron chi connectivity index (χ1n) is 5.35. The molecule has 1 saturated heterocycles. The largest absolute Gasteiger partial charge is 0.399 e. The summed E-state index contributed by atoms with van der Waals surface area (Å²) >= 11 is 0. The molecular weight excluding hydrogens is 225 g/mol. The summed E-state index contributed by atoms with van der Waals surface area (Å²) in [6.45, 7) is 2.03. The monoisotopic (exact) mass is 239 g/mol. The lowest BCUT2D eigenvalue weighted by molar-refractivity contribution is 0.0564. The number of hydrogen-bond donors (Lipinski definition) is 2. The Hall–Kier alpha value is -1.82. The van der Waals surface area contributed by atoms with Crippen molar-refractivity contribution >= 4 is 17.4 Å². The molecule has 0 aromatic heterocycles. The van der Waals surface area contributed by atoms with Crippen LogP contribution in [0.25, 0.3) is 0 Å². The second kappa shape index (κ2) is 5.01. The Labute approximate surface area is 98.3 Å². The lowest BCUT2D eigenvalue weighted by Crippen LogP contribution is -2.43. The second-order valence-electron chi connectivity index (χ2n) is 3.77. The summed E-state index contributed by atoms with van der Waals surface area (Å²) < 4.78 is 18.5. The van der Waals surface area contributed by atoms with Gasteiger partial charge in [0.05, 0.1) is 18.9 Å². The van der Waals surface area contributed by atoms with Crippen LogP contribution in [0.15, 0.2) is 18.2 Å². The van der Waals surface area contributed by atoms with Gasteiger partial charge in [0, 0.05) is 18.8 Å². The van der Waals surface area contributed by atoms with E-state index in [9.17, 15) is 9.18 Å². The third kappa shape index (κ3) is 2.85. The lowest BCUT2D eigenvalue weighted by atomic mass is 10.2. The molecule has 92 valence electrons. The van der Waals surface area contributed by atoms with Crippen LogP contribution in [0.3, 0.4) is 0 Å². The van der Waals surface area contributed by atoms with Crippen molar-refractivity contribution in [3.05, 3.63) is 24.0 Å². The molecule has 1 aliphatic rings. The number of anilines is 2. The highest BCUT2D eigenvalue weighted by Gasteiger charge is 2.17. The van der Waals surface area contributed by atoms with Crippen LogP contribution in [0.2, 0.25) is 0 Å².